The van der Waals surface area contributed by atoms with Gasteiger partial charge >= 0.3 is 5.97 Å². The standard InChI is InChI=1S/C8H6N2O3S/c11-7(12)4-2-1-3-5-6(4)10-8(9-5)14-13/h1-3,13H,(H,9,10)(H,11,12). The molecule has 0 spiro atoms. The van der Waals surface area contributed by atoms with Gasteiger partial charge in [-0.1, -0.05) is 6.07 Å². The van der Waals surface area contributed by atoms with Crippen LogP contribution in [0.15, 0.2) is 23.4 Å². The zero-order valence-corrected chi connectivity index (χ0v) is 7.71. The minimum absolute atomic E-state index is 0.124. The number of nitrogens with one attached hydrogen (secondary N) is 1. The maximum Gasteiger partial charge on any atom is 0.337 e. The van der Waals surface area contributed by atoms with E-state index in [0.717, 1.165) is 0 Å². The van der Waals surface area contributed by atoms with Crippen LogP contribution in [0.3, 0.4) is 0 Å². The number of carboxylic acids is 1. The Labute approximate surface area is 83.0 Å². The lowest BCUT2D eigenvalue weighted by Crippen LogP contribution is -1.96. The fraction of sp³-hybridized carbons (Fsp3) is 0. The Hall–Kier alpha value is -1.53. The van der Waals surface area contributed by atoms with Crippen LogP contribution in [-0.2, 0) is 0 Å². The Kier molecular flexibility index (Phi) is 2.14. The number of nitrogens with zero attached hydrogens (tertiary/aromatic N) is 1. The molecule has 2 rings (SSSR count). The van der Waals surface area contributed by atoms with Gasteiger partial charge in [0.1, 0.15) is 5.52 Å². The summed E-state index contributed by atoms with van der Waals surface area (Å²) in [5.41, 5.74) is 1.08. The first-order valence-corrected chi connectivity index (χ1v) is 4.53. The van der Waals surface area contributed by atoms with Crippen LogP contribution in [0.25, 0.3) is 11.0 Å². The number of carbonyl (C=O) groups is 1. The summed E-state index contributed by atoms with van der Waals surface area (Å²) in [5.74, 6) is -1.03. The number of imidazole rings is 1. The molecule has 0 saturated heterocycles. The maximum atomic E-state index is 10.8. The number of carboxylic acid groups (broad SMARTS) is 1. The van der Waals surface area contributed by atoms with Gasteiger partial charge in [0.15, 0.2) is 5.16 Å². The van der Waals surface area contributed by atoms with Crippen LogP contribution in [0.5, 0.6) is 0 Å². The van der Waals surface area contributed by atoms with Gasteiger partial charge in [-0.05, 0) is 12.1 Å². The number of hydrogen-bond acceptors (Lipinski definition) is 4. The fourth-order valence-corrected chi connectivity index (χ4v) is 1.51. The van der Waals surface area contributed by atoms with Gasteiger partial charge in [0.2, 0.25) is 0 Å². The average molecular weight is 210 g/mol. The number of hydrogen-bond donors (Lipinski definition) is 3. The second kappa shape index (κ2) is 3.32. The third-order valence-corrected chi connectivity index (χ3v) is 2.17. The summed E-state index contributed by atoms with van der Waals surface area (Å²) in [4.78, 5) is 17.5. The molecule has 2 aromatic rings. The van der Waals surface area contributed by atoms with Gasteiger partial charge in [-0.3, -0.25) is 0 Å². The van der Waals surface area contributed by atoms with Gasteiger partial charge < -0.3 is 14.6 Å². The zero-order chi connectivity index (χ0) is 10.1. The highest BCUT2D eigenvalue weighted by Crippen LogP contribution is 2.20. The molecule has 14 heavy (non-hydrogen) atoms. The van der Waals surface area contributed by atoms with E-state index in [1.54, 1.807) is 12.1 Å². The molecule has 0 aliphatic rings. The SMILES string of the molecule is O=C(O)c1cccc2[nH]c(SO)nc12. The molecule has 72 valence electrons. The van der Waals surface area contributed by atoms with E-state index < -0.39 is 5.97 Å². The van der Waals surface area contributed by atoms with Gasteiger partial charge in [0.25, 0.3) is 0 Å². The van der Waals surface area contributed by atoms with Crippen LogP contribution in [0.1, 0.15) is 10.4 Å². The van der Waals surface area contributed by atoms with Crippen molar-refractivity contribution in [1.82, 2.24) is 9.97 Å². The van der Waals surface area contributed by atoms with Gasteiger partial charge in [-0.2, -0.15) is 0 Å². The Morgan fingerprint density at radius 3 is 2.93 bits per heavy atom. The molecule has 1 aromatic carbocycles. The minimum Gasteiger partial charge on any atom is -0.478 e. The molecule has 1 aromatic heterocycles. The van der Waals surface area contributed by atoms with Crippen molar-refractivity contribution in [3.63, 3.8) is 0 Å². The van der Waals surface area contributed by atoms with Crippen LogP contribution in [-0.4, -0.2) is 25.6 Å². The molecule has 0 radical (unpaired) electrons. The van der Waals surface area contributed by atoms with Gasteiger partial charge in [0, 0.05) is 0 Å². The van der Waals surface area contributed by atoms with Crippen molar-refractivity contribution in [3.05, 3.63) is 23.8 Å². The largest absolute Gasteiger partial charge is 0.478 e. The van der Waals surface area contributed by atoms with Crippen LogP contribution in [0.4, 0.5) is 0 Å². The Morgan fingerprint density at radius 1 is 1.50 bits per heavy atom. The molecule has 0 saturated carbocycles. The van der Waals surface area contributed by atoms with Crippen LogP contribution < -0.4 is 0 Å². The number of benzene rings is 1. The number of H-pyrrole nitrogens is 1. The third kappa shape index (κ3) is 1.34. The molecule has 0 bridgehead atoms. The summed E-state index contributed by atoms with van der Waals surface area (Å²) in [5, 5.41) is 9.13. The molecular weight excluding hydrogens is 204 g/mol. The van der Waals surface area contributed by atoms with Crippen LogP contribution in [0, 0.1) is 0 Å². The maximum absolute atomic E-state index is 10.8. The summed E-state index contributed by atoms with van der Waals surface area (Å²) in [6, 6.07) is 4.79. The molecule has 5 nitrogen and oxygen atoms in total. The fourth-order valence-electron chi connectivity index (χ4n) is 1.23. The smallest absolute Gasteiger partial charge is 0.337 e. The first kappa shape index (κ1) is 9.04. The molecule has 0 fully saturated rings. The Bertz CT molecular complexity index is 494. The van der Waals surface area contributed by atoms with Crippen molar-refractivity contribution < 1.29 is 14.5 Å². The summed E-state index contributed by atoms with van der Waals surface area (Å²) in [6.45, 7) is 0. The second-order valence-electron chi connectivity index (χ2n) is 2.64. The van der Waals surface area contributed by atoms with Crippen LogP contribution >= 0.6 is 12.0 Å². The number of aromatic nitrogens is 2. The molecular formula is C8H6N2O3S. The highest BCUT2D eigenvalue weighted by molar-refractivity contribution is 7.93. The number of fused-ring (bicyclic) bond motifs is 1. The van der Waals surface area contributed by atoms with E-state index in [2.05, 4.69) is 9.97 Å². The van der Waals surface area contributed by atoms with E-state index in [-0.39, 0.29) is 10.7 Å². The predicted molar refractivity (Wildman–Crippen MR) is 51.5 cm³/mol. The highest BCUT2D eigenvalue weighted by atomic mass is 32.2. The van der Waals surface area contributed by atoms with E-state index in [4.69, 9.17) is 9.66 Å². The van der Waals surface area contributed by atoms with Gasteiger partial charge in [0.05, 0.1) is 23.1 Å². The van der Waals surface area contributed by atoms with Crippen molar-refractivity contribution in [3.8, 4) is 0 Å². The van der Waals surface area contributed by atoms with Crippen molar-refractivity contribution in [2.75, 3.05) is 0 Å². The molecule has 0 unspecified atom stereocenters. The topological polar surface area (TPSA) is 86.2 Å². The zero-order valence-electron chi connectivity index (χ0n) is 6.89. The first-order valence-electron chi connectivity index (χ1n) is 3.76. The van der Waals surface area contributed by atoms with Crippen molar-refractivity contribution in [1.29, 1.82) is 0 Å². The van der Waals surface area contributed by atoms with E-state index in [1.165, 1.54) is 6.07 Å². The Morgan fingerprint density at radius 2 is 2.29 bits per heavy atom. The van der Waals surface area contributed by atoms with Gasteiger partial charge in [-0.25, -0.2) is 9.78 Å². The summed E-state index contributed by atoms with van der Waals surface area (Å²) < 4.78 is 8.74. The number of para-hydroxylation sites is 1. The second-order valence-corrected chi connectivity index (χ2v) is 3.21. The van der Waals surface area contributed by atoms with Crippen molar-refractivity contribution >= 4 is 29.0 Å². The monoisotopic (exact) mass is 210 g/mol. The first-order chi connectivity index (χ1) is 6.72. The third-order valence-electron chi connectivity index (χ3n) is 1.81. The quantitative estimate of drug-likeness (QED) is 0.658. The molecule has 1 heterocycles. The van der Waals surface area contributed by atoms with Crippen molar-refractivity contribution in [2.24, 2.45) is 0 Å². The Balaban J connectivity index is 2.73. The average Bonchev–Trinajstić information content (AvgIpc) is 2.59. The lowest BCUT2D eigenvalue weighted by molar-refractivity contribution is 0.0699. The van der Waals surface area contributed by atoms with E-state index in [1.807, 2.05) is 0 Å². The van der Waals surface area contributed by atoms with Gasteiger partial charge in [-0.15, -0.1) is 0 Å². The molecule has 3 N–H and O–H groups in total. The number of rotatable bonds is 2. The molecule has 6 heteroatoms. The normalized spacial score (nSPS) is 10.6. The number of aromatic carboxylic acids is 1. The summed E-state index contributed by atoms with van der Waals surface area (Å²) in [7, 11) is 0. The predicted octanol–water partition coefficient (Wildman–Crippen LogP) is 1.83. The summed E-state index contributed by atoms with van der Waals surface area (Å²) >= 11 is 0.455. The molecule has 0 aliphatic heterocycles. The summed E-state index contributed by atoms with van der Waals surface area (Å²) in [6.07, 6.45) is 0. The highest BCUT2D eigenvalue weighted by Gasteiger charge is 2.11. The minimum atomic E-state index is -1.03. The van der Waals surface area contributed by atoms with Crippen molar-refractivity contribution in [2.45, 2.75) is 5.16 Å². The lowest BCUT2D eigenvalue weighted by Gasteiger charge is -1.93. The van der Waals surface area contributed by atoms with E-state index >= 15 is 0 Å². The molecule has 0 amide bonds. The van der Waals surface area contributed by atoms with Crippen LogP contribution in [0.2, 0.25) is 0 Å². The molecule has 0 aliphatic carbocycles. The molecule has 0 atom stereocenters. The number of aromatic amines is 1. The lowest BCUT2D eigenvalue weighted by atomic mass is 10.2. The van der Waals surface area contributed by atoms with E-state index in [0.29, 0.717) is 23.1 Å². The van der Waals surface area contributed by atoms with E-state index in [9.17, 15) is 4.79 Å².